The topological polar surface area (TPSA) is 73.8 Å². The summed E-state index contributed by atoms with van der Waals surface area (Å²) in [5, 5.41) is 11.0. The van der Waals surface area contributed by atoms with E-state index < -0.39 is 11.6 Å². The van der Waals surface area contributed by atoms with Gasteiger partial charge in [-0.1, -0.05) is 0 Å². The first-order valence-electron chi connectivity index (χ1n) is 9.51. The van der Waals surface area contributed by atoms with Crippen molar-refractivity contribution in [1.82, 2.24) is 15.1 Å². The number of benzene rings is 1. The Morgan fingerprint density at radius 1 is 0.966 bits per heavy atom. The van der Waals surface area contributed by atoms with Crippen molar-refractivity contribution in [2.75, 3.05) is 67.6 Å². The number of nitrogens with zero attached hydrogens (tertiary/aromatic N) is 5. The number of hydrogen-bond donors (Lipinski definition) is 1. The normalized spacial score (nSPS) is 17.4. The second kappa shape index (κ2) is 8.56. The van der Waals surface area contributed by atoms with Crippen molar-refractivity contribution in [3.8, 4) is 0 Å². The summed E-state index contributed by atoms with van der Waals surface area (Å²) in [6.45, 7) is 5.22. The molecule has 2 aromatic rings. The summed E-state index contributed by atoms with van der Waals surface area (Å²) >= 11 is 0. The monoisotopic (exact) mass is 404 g/mol. The van der Waals surface area contributed by atoms with Gasteiger partial charge in [0.1, 0.15) is 0 Å². The van der Waals surface area contributed by atoms with Gasteiger partial charge in [-0.2, -0.15) is 5.10 Å². The van der Waals surface area contributed by atoms with Crippen molar-refractivity contribution >= 4 is 23.2 Å². The van der Waals surface area contributed by atoms with Crippen LogP contribution < -0.4 is 15.1 Å². The second-order valence-electron chi connectivity index (χ2n) is 6.90. The van der Waals surface area contributed by atoms with Crippen molar-refractivity contribution in [3.05, 3.63) is 42.1 Å². The molecule has 1 N–H and O–H groups in total. The number of aromatic nitrogens is 2. The van der Waals surface area contributed by atoms with E-state index in [1.54, 1.807) is 11.1 Å². The molecule has 0 aliphatic carbocycles. The fourth-order valence-electron chi connectivity index (χ4n) is 3.41. The number of carbonyl (C=O) groups excluding carboxylic acids is 1. The van der Waals surface area contributed by atoms with Gasteiger partial charge in [0.05, 0.1) is 25.1 Å². The molecule has 2 saturated heterocycles. The molecule has 10 heteroatoms. The van der Waals surface area contributed by atoms with E-state index in [2.05, 4.69) is 25.3 Å². The highest BCUT2D eigenvalue weighted by Crippen LogP contribution is 2.21. The number of halogens is 2. The SMILES string of the molecule is O=C(Nc1ccc(F)c(F)c1)N1CCN(c2cc(N3CCOCC3)cnn2)CC1. The standard InChI is InChI=1S/C19H22F2N6O2/c20-16-2-1-14(11-17(16)21)23-19(28)27-5-3-26(4-6-27)18-12-15(13-22-24-18)25-7-9-29-10-8-25/h1-2,11-13H,3-10H2,(H,23,28). The lowest BCUT2D eigenvalue weighted by molar-refractivity contribution is 0.122. The first-order chi connectivity index (χ1) is 14.1. The van der Waals surface area contributed by atoms with Crippen LogP contribution in [0.25, 0.3) is 0 Å². The van der Waals surface area contributed by atoms with Gasteiger partial charge in [0.15, 0.2) is 17.5 Å². The minimum Gasteiger partial charge on any atom is -0.378 e. The number of anilines is 3. The molecule has 0 bridgehead atoms. The molecular weight excluding hydrogens is 382 g/mol. The minimum atomic E-state index is -0.994. The number of urea groups is 1. The Labute approximate surface area is 167 Å². The summed E-state index contributed by atoms with van der Waals surface area (Å²) < 4.78 is 31.7. The number of ether oxygens (including phenoxy) is 1. The van der Waals surface area contributed by atoms with Gasteiger partial charge < -0.3 is 24.8 Å². The lowest BCUT2D eigenvalue weighted by atomic mass is 10.3. The highest BCUT2D eigenvalue weighted by molar-refractivity contribution is 5.89. The molecule has 8 nitrogen and oxygen atoms in total. The molecule has 0 unspecified atom stereocenters. The van der Waals surface area contributed by atoms with E-state index >= 15 is 0 Å². The van der Waals surface area contributed by atoms with E-state index in [-0.39, 0.29) is 11.7 Å². The molecule has 1 aromatic carbocycles. The molecule has 2 aliphatic rings. The highest BCUT2D eigenvalue weighted by Gasteiger charge is 2.23. The first kappa shape index (κ1) is 19.3. The molecule has 2 amide bonds. The fourth-order valence-corrected chi connectivity index (χ4v) is 3.41. The van der Waals surface area contributed by atoms with Crippen LogP contribution in [0.2, 0.25) is 0 Å². The van der Waals surface area contributed by atoms with E-state index in [1.807, 2.05) is 6.07 Å². The lowest BCUT2D eigenvalue weighted by Gasteiger charge is -2.35. The van der Waals surface area contributed by atoms with Crippen LogP contribution in [0.15, 0.2) is 30.5 Å². The quantitative estimate of drug-likeness (QED) is 0.843. The van der Waals surface area contributed by atoms with Crippen molar-refractivity contribution in [2.24, 2.45) is 0 Å². The maximum atomic E-state index is 13.3. The molecule has 0 saturated carbocycles. The number of amides is 2. The molecule has 0 spiro atoms. The van der Waals surface area contributed by atoms with E-state index in [0.29, 0.717) is 39.4 Å². The molecule has 29 heavy (non-hydrogen) atoms. The third kappa shape index (κ3) is 4.53. The Morgan fingerprint density at radius 2 is 1.72 bits per heavy atom. The van der Waals surface area contributed by atoms with Gasteiger partial charge in [0.25, 0.3) is 0 Å². The van der Waals surface area contributed by atoms with E-state index in [0.717, 1.165) is 36.7 Å². The van der Waals surface area contributed by atoms with Crippen LogP contribution in [0, 0.1) is 11.6 Å². The van der Waals surface area contributed by atoms with Gasteiger partial charge >= 0.3 is 6.03 Å². The average Bonchev–Trinajstić information content (AvgIpc) is 2.77. The predicted molar refractivity (Wildman–Crippen MR) is 104 cm³/mol. The van der Waals surface area contributed by atoms with Gasteiger partial charge in [-0.15, -0.1) is 5.10 Å². The second-order valence-corrected chi connectivity index (χ2v) is 6.90. The molecule has 0 radical (unpaired) electrons. The van der Waals surface area contributed by atoms with Crippen LogP contribution in [0.3, 0.4) is 0 Å². The van der Waals surface area contributed by atoms with Crippen LogP contribution in [0.5, 0.6) is 0 Å². The summed E-state index contributed by atoms with van der Waals surface area (Å²) in [4.78, 5) is 18.3. The number of piperazine rings is 1. The number of morpholine rings is 1. The Balaban J connectivity index is 1.34. The Hall–Kier alpha value is -3.01. The van der Waals surface area contributed by atoms with E-state index in [9.17, 15) is 13.6 Å². The zero-order valence-electron chi connectivity index (χ0n) is 15.9. The third-order valence-corrected chi connectivity index (χ3v) is 5.07. The predicted octanol–water partition coefficient (Wildman–Crippen LogP) is 1.95. The molecule has 154 valence electrons. The average molecular weight is 404 g/mol. The van der Waals surface area contributed by atoms with E-state index in [4.69, 9.17) is 4.74 Å². The number of rotatable bonds is 3. The van der Waals surface area contributed by atoms with Gasteiger partial charge in [0.2, 0.25) is 0 Å². The van der Waals surface area contributed by atoms with Gasteiger partial charge in [-0.05, 0) is 12.1 Å². The van der Waals surface area contributed by atoms with Crippen molar-refractivity contribution in [3.63, 3.8) is 0 Å². The van der Waals surface area contributed by atoms with Gasteiger partial charge in [-0.3, -0.25) is 0 Å². The maximum Gasteiger partial charge on any atom is 0.321 e. The first-order valence-corrected chi connectivity index (χ1v) is 9.51. The van der Waals surface area contributed by atoms with Crippen LogP contribution in [-0.2, 0) is 4.74 Å². The van der Waals surface area contributed by atoms with Crippen LogP contribution in [0.1, 0.15) is 0 Å². The summed E-state index contributed by atoms with van der Waals surface area (Å²) in [6, 6.07) is 4.96. The lowest BCUT2D eigenvalue weighted by Crippen LogP contribution is -2.50. The summed E-state index contributed by atoms with van der Waals surface area (Å²) in [6.07, 6.45) is 1.75. The number of carbonyl (C=O) groups is 1. The fraction of sp³-hybridized carbons (Fsp3) is 0.421. The van der Waals surface area contributed by atoms with Gasteiger partial charge in [-0.25, -0.2) is 13.6 Å². The van der Waals surface area contributed by atoms with E-state index in [1.165, 1.54) is 6.07 Å². The zero-order chi connectivity index (χ0) is 20.2. The highest BCUT2D eigenvalue weighted by atomic mass is 19.2. The molecule has 2 aliphatic heterocycles. The molecule has 4 rings (SSSR count). The number of hydrogen-bond acceptors (Lipinski definition) is 6. The minimum absolute atomic E-state index is 0.223. The largest absolute Gasteiger partial charge is 0.378 e. The van der Waals surface area contributed by atoms with Crippen LogP contribution in [-0.4, -0.2) is 73.6 Å². The smallest absolute Gasteiger partial charge is 0.321 e. The Bertz CT molecular complexity index is 870. The Kier molecular flexibility index (Phi) is 5.70. The zero-order valence-corrected chi connectivity index (χ0v) is 15.9. The summed E-state index contributed by atoms with van der Waals surface area (Å²) in [7, 11) is 0. The maximum absolute atomic E-state index is 13.3. The van der Waals surface area contributed by atoms with Crippen LogP contribution >= 0.6 is 0 Å². The van der Waals surface area contributed by atoms with Crippen molar-refractivity contribution in [1.29, 1.82) is 0 Å². The molecular formula is C19H22F2N6O2. The van der Waals surface area contributed by atoms with Gasteiger partial charge in [0, 0.05) is 57.1 Å². The van der Waals surface area contributed by atoms with Crippen molar-refractivity contribution < 1.29 is 18.3 Å². The molecule has 1 aromatic heterocycles. The molecule has 0 atom stereocenters. The number of nitrogens with one attached hydrogen (secondary N) is 1. The summed E-state index contributed by atoms with van der Waals surface area (Å²) in [5.41, 5.74) is 1.23. The third-order valence-electron chi connectivity index (χ3n) is 5.07. The Morgan fingerprint density at radius 3 is 2.45 bits per heavy atom. The van der Waals surface area contributed by atoms with Crippen molar-refractivity contribution in [2.45, 2.75) is 0 Å². The molecule has 2 fully saturated rings. The van der Waals surface area contributed by atoms with Crippen LogP contribution in [0.4, 0.5) is 30.8 Å². The summed E-state index contributed by atoms with van der Waals surface area (Å²) in [5.74, 6) is -1.17. The molecule has 3 heterocycles.